The van der Waals surface area contributed by atoms with Gasteiger partial charge in [-0.05, 0) is 45.7 Å². The molecule has 1 amide bonds. The first-order chi connectivity index (χ1) is 13.2. The summed E-state index contributed by atoms with van der Waals surface area (Å²) in [5, 5.41) is 6.56. The van der Waals surface area contributed by atoms with E-state index in [1.807, 2.05) is 0 Å². The second kappa shape index (κ2) is 12.2. The number of hydrogen-bond acceptors (Lipinski definition) is 4. The lowest BCUT2D eigenvalue weighted by Crippen LogP contribution is -2.54. The van der Waals surface area contributed by atoms with Crippen molar-refractivity contribution < 1.29 is 4.79 Å². The van der Waals surface area contributed by atoms with Gasteiger partial charge in [-0.2, -0.15) is 0 Å². The van der Waals surface area contributed by atoms with E-state index in [4.69, 9.17) is 4.99 Å². The highest BCUT2D eigenvalue weighted by molar-refractivity contribution is 14.0. The van der Waals surface area contributed by atoms with Gasteiger partial charge in [0.05, 0.1) is 13.1 Å². The molecule has 3 aliphatic rings. The second-order valence-corrected chi connectivity index (χ2v) is 8.08. The molecule has 0 aromatic carbocycles. The normalized spacial score (nSPS) is 24.6. The zero-order chi connectivity index (χ0) is 19.1. The third-order valence-electron chi connectivity index (χ3n) is 5.92. The molecule has 0 bridgehead atoms. The van der Waals surface area contributed by atoms with Crippen LogP contribution in [0.15, 0.2) is 4.99 Å². The number of carbonyl (C=O) groups is 1. The van der Waals surface area contributed by atoms with E-state index >= 15 is 0 Å². The van der Waals surface area contributed by atoms with Crippen LogP contribution in [0.2, 0.25) is 0 Å². The molecule has 1 saturated carbocycles. The summed E-state index contributed by atoms with van der Waals surface area (Å²) < 4.78 is 0. The van der Waals surface area contributed by atoms with Crippen LogP contribution in [0.3, 0.4) is 0 Å². The van der Waals surface area contributed by atoms with Crippen LogP contribution >= 0.6 is 24.0 Å². The lowest BCUT2D eigenvalue weighted by molar-refractivity contribution is -0.122. The minimum Gasteiger partial charge on any atom is -0.357 e. The van der Waals surface area contributed by atoms with Gasteiger partial charge < -0.3 is 15.5 Å². The molecule has 0 spiro atoms. The summed E-state index contributed by atoms with van der Waals surface area (Å²) in [6.45, 7) is 12.8. The van der Waals surface area contributed by atoms with Crippen molar-refractivity contribution >= 4 is 35.8 Å². The van der Waals surface area contributed by atoms with Crippen molar-refractivity contribution in [2.24, 2.45) is 4.99 Å². The maximum Gasteiger partial charge on any atom is 0.234 e. The van der Waals surface area contributed by atoms with E-state index in [1.54, 1.807) is 0 Å². The van der Waals surface area contributed by atoms with Gasteiger partial charge in [-0.1, -0.05) is 13.3 Å². The first kappa shape index (κ1) is 23.7. The first-order valence-electron chi connectivity index (χ1n) is 11.0. The van der Waals surface area contributed by atoms with Crippen molar-refractivity contribution in [2.75, 3.05) is 58.9 Å². The number of amides is 1. The van der Waals surface area contributed by atoms with Crippen LogP contribution < -0.4 is 10.6 Å². The Balaban J connectivity index is 0.00000280. The summed E-state index contributed by atoms with van der Waals surface area (Å²) in [6.07, 6.45) is 6.22. The highest BCUT2D eigenvalue weighted by atomic mass is 127. The van der Waals surface area contributed by atoms with Crippen molar-refractivity contribution in [3.63, 3.8) is 0 Å². The van der Waals surface area contributed by atoms with Crippen LogP contribution in [0.25, 0.3) is 0 Å². The van der Waals surface area contributed by atoms with Crippen molar-refractivity contribution in [3.8, 4) is 0 Å². The summed E-state index contributed by atoms with van der Waals surface area (Å²) in [6, 6.07) is 1.04. The Morgan fingerprint density at radius 2 is 1.79 bits per heavy atom. The highest BCUT2D eigenvalue weighted by Gasteiger charge is 2.26. The first-order valence-corrected chi connectivity index (χ1v) is 11.0. The minimum atomic E-state index is 0. The summed E-state index contributed by atoms with van der Waals surface area (Å²) in [5.41, 5.74) is 0. The van der Waals surface area contributed by atoms with Gasteiger partial charge >= 0.3 is 0 Å². The molecule has 0 aromatic rings. The smallest absolute Gasteiger partial charge is 0.234 e. The summed E-state index contributed by atoms with van der Waals surface area (Å²) in [4.78, 5) is 24.2. The molecule has 8 heteroatoms. The molecule has 1 atom stereocenters. The average molecular weight is 506 g/mol. The third kappa shape index (κ3) is 7.33. The summed E-state index contributed by atoms with van der Waals surface area (Å²) in [5.74, 6) is 1.23. The van der Waals surface area contributed by atoms with Crippen LogP contribution in [0, 0.1) is 0 Å². The fraction of sp³-hybridized carbons (Fsp3) is 0.900. The quantitative estimate of drug-likeness (QED) is 0.310. The maximum absolute atomic E-state index is 12.0. The highest BCUT2D eigenvalue weighted by Crippen LogP contribution is 2.18. The van der Waals surface area contributed by atoms with Crippen molar-refractivity contribution in [2.45, 2.75) is 58.0 Å². The molecular formula is C20H39IN6O. The van der Waals surface area contributed by atoms with Gasteiger partial charge in [0.15, 0.2) is 5.96 Å². The Kier molecular flexibility index (Phi) is 10.3. The molecule has 2 saturated heterocycles. The maximum atomic E-state index is 12.0. The lowest BCUT2D eigenvalue weighted by atomic mass is 10.0. The number of nitrogens with zero attached hydrogens (tertiary/aromatic N) is 4. The number of aliphatic imine (C=N–C) groups is 1. The SMILES string of the molecule is CCNC(=NCC1CCCCN1CC)N1CCN(CC(=O)NC2CC2)CC1.I. The molecule has 2 N–H and O–H groups in total. The van der Waals surface area contributed by atoms with Crippen LogP contribution in [0.4, 0.5) is 0 Å². The van der Waals surface area contributed by atoms with Crippen LogP contribution in [-0.2, 0) is 4.79 Å². The molecule has 162 valence electrons. The number of halogens is 1. The number of piperidine rings is 1. The van der Waals surface area contributed by atoms with E-state index in [0.717, 1.165) is 64.6 Å². The summed E-state index contributed by atoms with van der Waals surface area (Å²) >= 11 is 0. The average Bonchev–Trinajstić information content (AvgIpc) is 3.50. The number of carbonyl (C=O) groups excluding carboxylic acids is 1. The van der Waals surface area contributed by atoms with Gasteiger partial charge in [0.25, 0.3) is 0 Å². The van der Waals surface area contributed by atoms with Crippen LogP contribution in [0.5, 0.6) is 0 Å². The molecule has 0 radical (unpaired) electrons. The van der Waals surface area contributed by atoms with Crippen LogP contribution in [0.1, 0.15) is 46.0 Å². The summed E-state index contributed by atoms with van der Waals surface area (Å²) in [7, 11) is 0. The van der Waals surface area contributed by atoms with Gasteiger partial charge in [-0.15, -0.1) is 24.0 Å². The molecule has 0 aromatic heterocycles. The zero-order valence-corrected chi connectivity index (χ0v) is 20.0. The lowest BCUT2D eigenvalue weighted by Gasteiger charge is -2.37. The molecule has 1 aliphatic carbocycles. The molecule has 7 nitrogen and oxygen atoms in total. The second-order valence-electron chi connectivity index (χ2n) is 8.08. The Bertz CT molecular complexity index is 505. The van der Waals surface area contributed by atoms with Gasteiger partial charge in [0, 0.05) is 44.8 Å². The molecular weight excluding hydrogens is 467 g/mol. The van der Waals surface area contributed by atoms with E-state index in [1.165, 1.54) is 25.8 Å². The van der Waals surface area contributed by atoms with E-state index in [0.29, 0.717) is 18.6 Å². The standard InChI is InChI=1S/C20H38N6O.HI/c1-3-21-20(22-15-18-7-5-6-10-25(18)4-2)26-13-11-24(12-14-26)16-19(27)23-17-8-9-17;/h17-18H,3-16H2,1-2H3,(H,21,22)(H,23,27);1H. The van der Waals surface area contributed by atoms with Gasteiger partial charge in [-0.3, -0.25) is 19.6 Å². The number of piperazine rings is 1. The largest absolute Gasteiger partial charge is 0.357 e. The third-order valence-corrected chi connectivity index (χ3v) is 5.92. The molecule has 3 fully saturated rings. The molecule has 28 heavy (non-hydrogen) atoms. The molecule has 1 unspecified atom stereocenters. The van der Waals surface area contributed by atoms with Crippen molar-refractivity contribution in [3.05, 3.63) is 0 Å². The predicted octanol–water partition coefficient (Wildman–Crippen LogP) is 1.34. The number of rotatable bonds is 7. The Labute approximate surface area is 187 Å². The number of nitrogens with one attached hydrogen (secondary N) is 2. The van der Waals surface area contributed by atoms with Gasteiger partial charge in [0.2, 0.25) is 5.91 Å². The Hall–Kier alpha value is -0.610. The number of guanidine groups is 1. The van der Waals surface area contributed by atoms with E-state index in [-0.39, 0.29) is 29.9 Å². The fourth-order valence-electron chi connectivity index (χ4n) is 4.12. The van der Waals surface area contributed by atoms with Gasteiger partial charge in [-0.25, -0.2) is 0 Å². The predicted molar refractivity (Wildman–Crippen MR) is 125 cm³/mol. The molecule has 2 aliphatic heterocycles. The van der Waals surface area contributed by atoms with E-state index in [9.17, 15) is 4.79 Å². The zero-order valence-electron chi connectivity index (χ0n) is 17.7. The number of hydrogen-bond donors (Lipinski definition) is 2. The molecule has 2 heterocycles. The topological polar surface area (TPSA) is 63.2 Å². The van der Waals surface area contributed by atoms with Crippen molar-refractivity contribution in [1.82, 2.24) is 25.3 Å². The Morgan fingerprint density at radius 1 is 1.04 bits per heavy atom. The van der Waals surface area contributed by atoms with E-state index in [2.05, 4.69) is 39.2 Å². The minimum absolute atomic E-state index is 0. The van der Waals surface area contributed by atoms with Gasteiger partial charge in [0.1, 0.15) is 0 Å². The number of likely N-dealkylation sites (N-methyl/N-ethyl adjacent to an activating group) is 1. The van der Waals surface area contributed by atoms with Crippen molar-refractivity contribution in [1.29, 1.82) is 0 Å². The monoisotopic (exact) mass is 506 g/mol. The molecule has 3 rings (SSSR count). The number of likely N-dealkylation sites (tertiary alicyclic amines) is 1. The van der Waals surface area contributed by atoms with Crippen LogP contribution in [-0.4, -0.2) is 97.6 Å². The van der Waals surface area contributed by atoms with E-state index < -0.39 is 0 Å². The Morgan fingerprint density at radius 3 is 2.43 bits per heavy atom. The fourth-order valence-corrected chi connectivity index (χ4v) is 4.12.